The monoisotopic (exact) mass is 435 g/mol. The van der Waals surface area contributed by atoms with Crippen molar-refractivity contribution >= 4 is 17.6 Å². The quantitative estimate of drug-likeness (QED) is 0.532. The molecular weight excluding hydrogens is 418 g/mol. The Bertz CT molecular complexity index is 1020. The molecule has 0 atom stereocenters. The summed E-state index contributed by atoms with van der Waals surface area (Å²) in [6, 6.07) is 16.6. The molecule has 3 aromatic rings. The van der Waals surface area contributed by atoms with E-state index in [-0.39, 0.29) is 11.7 Å². The topological polar surface area (TPSA) is 105 Å². The maximum absolute atomic E-state index is 12.9. The number of aromatic nitrogens is 1. The molecule has 0 saturated carbocycles. The molecule has 0 aliphatic heterocycles. The van der Waals surface area contributed by atoms with E-state index in [0.29, 0.717) is 17.8 Å². The molecule has 1 heterocycles. The number of aliphatic carboxylic acids is 1. The largest absolute Gasteiger partial charge is 0.490 e. The van der Waals surface area contributed by atoms with Crippen LogP contribution < -0.4 is 11.1 Å². The van der Waals surface area contributed by atoms with Crippen molar-refractivity contribution in [1.29, 1.82) is 0 Å². The molecule has 4 N–H and O–H groups in total. The van der Waals surface area contributed by atoms with Crippen LogP contribution in [0.1, 0.15) is 15.9 Å². The number of hydrogen-bond acceptors (Lipinski definition) is 4. The average molecular weight is 435 g/mol. The lowest BCUT2D eigenvalue weighted by atomic mass is 10.1. The Balaban J connectivity index is 0.000000423. The van der Waals surface area contributed by atoms with Crippen LogP contribution in [0.25, 0.3) is 11.3 Å². The SMILES string of the molecule is NCc1ccc(-c2ccc(C(=O)Nc3ccc(F)cc3)cc2)nc1.O=C(O)C(F)(F)F. The molecule has 0 aliphatic carbocycles. The summed E-state index contributed by atoms with van der Waals surface area (Å²) in [7, 11) is 0. The molecule has 6 nitrogen and oxygen atoms in total. The summed E-state index contributed by atoms with van der Waals surface area (Å²) in [6.45, 7) is 0.454. The molecule has 162 valence electrons. The van der Waals surface area contributed by atoms with Crippen LogP contribution in [-0.4, -0.2) is 28.1 Å². The van der Waals surface area contributed by atoms with E-state index in [1.165, 1.54) is 24.3 Å². The first-order valence-corrected chi connectivity index (χ1v) is 8.72. The highest BCUT2D eigenvalue weighted by Crippen LogP contribution is 2.19. The first kappa shape index (κ1) is 23.5. The van der Waals surface area contributed by atoms with Gasteiger partial charge in [-0.3, -0.25) is 9.78 Å². The molecule has 0 radical (unpaired) electrons. The predicted octanol–water partition coefficient (Wildman–Crippen LogP) is 4.23. The summed E-state index contributed by atoms with van der Waals surface area (Å²) in [5.41, 5.74) is 9.32. The number of carbonyl (C=O) groups is 2. The van der Waals surface area contributed by atoms with Crippen LogP contribution in [0, 0.1) is 5.82 Å². The molecule has 0 saturated heterocycles. The van der Waals surface area contributed by atoms with E-state index in [9.17, 15) is 22.4 Å². The zero-order chi connectivity index (χ0) is 23.0. The smallest absolute Gasteiger partial charge is 0.475 e. The zero-order valence-corrected chi connectivity index (χ0v) is 15.9. The number of nitrogens with one attached hydrogen (secondary N) is 1. The highest BCUT2D eigenvalue weighted by atomic mass is 19.4. The number of rotatable bonds is 4. The first-order chi connectivity index (χ1) is 14.6. The van der Waals surface area contributed by atoms with Gasteiger partial charge in [-0.1, -0.05) is 18.2 Å². The summed E-state index contributed by atoms with van der Waals surface area (Å²) in [6.07, 6.45) is -3.34. The number of carboxylic acid groups (broad SMARTS) is 1. The van der Waals surface area contributed by atoms with Crippen molar-refractivity contribution in [2.75, 3.05) is 5.32 Å². The van der Waals surface area contributed by atoms with Crippen molar-refractivity contribution in [1.82, 2.24) is 4.98 Å². The molecule has 3 rings (SSSR count). The summed E-state index contributed by atoms with van der Waals surface area (Å²) < 4.78 is 44.6. The fourth-order valence-electron chi connectivity index (χ4n) is 2.24. The maximum atomic E-state index is 12.9. The Labute approximate surface area is 174 Å². The number of carbonyl (C=O) groups excluding carboxylic acids is 1. The standard InChI is InChI=1S/C19H16FN3O.C2HF3O2/c20-16-6-8-17(9-7-16)23-19(24)15-4-2-14(3-5-15)18-10-1-13(11-21)12-22-18;3-2(4,5)1(6)7/h1-10,12H,11,21H2,(H,23,24);(H,6,7). The van der Waals surface area contributed by atoms with Gasteiger partial charge in [-0.05, 0) is 48.0 Å². The molecule has 2 aromatic carbocycles. The first-order valence-electron chi connectivity index (χ1n) is 8.72. The Kier molecular flexibility index (Phi) is 7.81. The lowest BCUT2D eigenvalue weighted by molar-refractivity contribution is -0.192. The van der Waals surface area contributed by atoms with Crippen LogP contribution in [0.3, 0.4) is 0 Å². The average Bonchev–Trinajstić information content (AvgIpc) is 2.75. The third kappa shape index (κ3) is 7.19. The lowest BCUT2D eigenvalue weighted by Crippen LogP contribution is -2.21. The van der Waals surface area contributed by atoms with Gasteiger partial charge in [-0.2, -0.15) is 13.2 Å². The molecule has 0 spiro atoms. The summed E-state index contributed by atoms with van der Waals surface area (Å²) in [5.74, 6) is -3.35. The summed E-state index contributed by atoms with van der Waals surface area (Å²) in [5, 5.41) is 9.85. The van der Waals surface area contributed by atoms with Gasteiger partial charge in [0.05, 0.1) is 5.69 Å². The van der Waals surface area contributed by atoms with Gasteiger partial charge < -0.3 is 16.2 Å². The number of benzene rings is 2. The van der Waals surface area contributed by atoms with Gasteiger partial charge in [0, 0.05) is 29.6 Å². The second-order valence-corrected chi connectivity index (χ2v) is 6.10. The van der Waals surface area contributed by atoms with Gasteiger partial charge in [0.25, 0.3) is 5.91 Å². The lowest BCUT2D eigenvalue weighted by Gasteiger charge is -2.07. The van der Waals surface area contributed by atoms with Gasteiger partial charge in [0.1, 0.15) is 5.82 Å². The third-order valence-electron chi connectivity index (χ3n) is 3.85. The molecule has 0 bridgehead atoms. The van der Waals surface area contributed by atoms with Crippen LogP contribution >= 0.6 is 0 Å². The Hall–Kier alpha value is -3.79. The Morgan fingerprint density at radius 2 is 1.55 bits per heavy atom. The second kappa shape index (κ2) is 10.3. The van der Waals surface area contributed by atoms with Crippen molar-refractivity contribution in [2.24, 2.45) is 5.73 Å². The molecule has 10 heteroatoms. The fraction of sp³-hybridized carbons (Fsp3) is 0.0952. The number of amides is 1. The van der Waals surface area contributed by atoms with Gasteiger partial charge in [0.2, 0.25) is 0 Å². The van der Waals surface area contributed by atoms with Crippen molar-refractivity contribution in [3.63, 3.8) is 0 Å². The molecule has 0 unspecified atom stereocenters. The molecule has 31 heavy (non-hydrogen) atoms. The van der Waals surface area contributed by atoms with E-state index in [1.54, 1.807) is 18.3 Å². The minimum Gasteiger partial charge on any atom is -0.475 e. The fourth-order valence-corrected chi connectivity index (χ4v) is 2.24. The van der Waals surface area contributed by atoms with Crippen molar-refractivity contribution in [3.8, 4) is 11.3 Å². The molecule has 0 aliphatic rings. The van der Waals surface area contributed by atoms with Crippen molar-refractivity contribution in [3.05, 3.63) is 83.8 Å². The number of alkyl halides is 3. The Morgan fingerprint density at radius 3 is 2.00 bits per heavy atom. The van der Waals surface area contributed by atoms with Crippen LogP contribution in [0.4, 0.5) is 23.2 Å². The summed E-state index contributed by atoms with van der Waals surface area (Å²) in [4.78, 5) is 25.4. The molecule has 0 fully saturated rings. The number of nitrogens with two attached hydrogens (primary N) is 1. The van der Waals surface area contributed by atoms with E-state index >= 15 is 0 Å². The Morgan fingerprint density at radius 1 is 0.968 bits per heavy atom. The van der Waals surface area contributed by atoms with E-state index in [2.05, 4.69) is 10.3 Å². The van der Waals surface area contributed by atoms with Crippen molar-refractivity contribution in [2.45, 2.75) is 12.7 Å². The predicted molar refractivity (Wildman–Crippen MR) is 106 cm³/mol. The number of anilines is 1. The van der Waals surface area contributed by atoms with E-state index in [4.69, 9.17) is 15.6 Å². The summed E-state index contributed by atoms with van der Waals surface area (Å²) >= 11 is 0. The van der Waals surface area contributed by atoms with Crippen LogP contribution in [0.15, 0.2) is 66.9 Å². The molecular formula is C21H17F4N3O3. The highest BCUT2D eigenvalue weighted by Gasteiger charge is 2.38. The van der Waals surface area contributed by atoms with Gasteiger partial charge in [-0.25, -0.2) is 9.18 Å². The highest BCUT2D eigenvalue weighted by molar-refractivity contribution is 6.04. The number of hydrogen-bond donors (Lipinski definition) is 3. The minimum absolute atomic E-state index is 0.250. The minimum atomic E-state index is -5.08. The van der Waals surface area contributed by atoms with E-state index in [0.717, 1.165) is 16.8 Å². The van der Waals surface area contributed by atoms with Gasteiger partial charge >= 0.3 is 12.1 Å². The van der Waals surface area contributed by atoms with Crippen LogP contribution in [0.5, 0.6) is 0 Å². The zero-order valence-electron chi connectivity index (χ0n) is 15.9. The van der Waals surface area contributed by atoms with E-state index in [1.807, 2.05) is 24.3 Å². The number of halogens is 4. The van der Waals surface area contributed by atoms with Gasteiger partial charge in [-0.15, -0.1) is 0 Å². The number of carboxylic acids is 1. The van der Waals surface area contributed by atoms with E-state index < -0.39 is 12.1 Å². The van der Waals surface area contributed by atoms with Gasteiger partial charge in [0.15, 0.2) is 0 Å². The van der Waals surface area contributed by atoms with Crippen molar-refractivity contribution < 1.29 is 32.3 Å². The molecule has 1 amide bonds. The third-order valence-corrected chi connectivity index (χ3v) is 3.85. The maximum Gasteiger partial charge on any atom is 0.490 e. The number of nitrogens with zero attached hydrogens (tertiary/aromatic N) is 1. The normalized spacial score (nSPS) is 10.6. The van der Waals surface area contributed by atoms with Crippen LogP contribution in [-0.2, 0) is 11.3 Å². The second-order valence-electron chi connectivity index (χ2n) is 6.10. The molecule has 1 aromatic heterocycles. The number of pyridine rings is 1. The van der Waals surface area contributed by atoms with Crippen LogP contribution in [0.2, 0.25) is 0 Å².